The van der Waals surface area contributed by atoms with Crippen LogP contribution in [0.25, 0.3) is 0 Å². The van der Waals surface area contributed by atoms with Crippen molar-refractivity contribution < 1.29 is 0 Å². The van der Waals surface area contributed by atoms with E-state index < -0.39 is 0 Å². The summed E-state index contributed by atoms with van der Waals surface area (Å²) < 4.78 is 0. The van der Waals surface area contributed by atoms with Gasteiger partial charge in [-0.05, 0) is 63.6 Å². The smallest absolute Gasteiger partial charge is 0.185 e. The third kappa shape index (κ3) is 2.64. The zero-order valence-corrected chi connectivity index (χ0v) is 13.4. The standard InChI is InChI=1S/C14H27N3S/c1-10-7-13(5,6)9-14(8-10)15-11(18)17(16-14)12(2,3)4/h10,16H,7-9H2,1-6H3,(H,15,18)/t10-,14+/m0/s1. The molecule has 2 rings (SSSR count). The van der Waals surface area contributed by atoms with Gasteiger partial charge in [-0.2, -0.15) is 0 Å². The first-order valence-corrected chi connectivity index (χ1v) is 7.34. The van der Waals surface area contributed by atoms with Gasteiger partial charge in [0.1, 0.15) is 5.66 Å². The molecule has 0 unspecified atom stereocenters. The first-order valence-electron chi connectivity index (χ1n) is 6.93. The molecule has 4 heteroatoms. The molecule has 1 saturated carbocycles. The molecule has 2 aliphatic rings. The number of hydrazine groups is 1. The lowest BCUT2D eigenvalue weighted by molar-refractivity contribution is 0.0360. The Kier molecular flexibility index (Phi) is 3.18. The highest BCUT2D eigenvalue weighted by molar-refractivity contribution is 7.80. The van der Waals surface area contributed by atoms with Crippen LogP contribution in [0.5, 0.6) is 0 Å². The Bertz CT molecular complexity index is 359. The lowest BCUT2D eigenvalue weighted by Gasteiger charge is -2.46. The number of thiocarbonyl (C=S) groups is 1. The summed E-state index contributed by atoms with van der Waals surface area (Å²) in [4.78, 5) is 0. The van der Waals surface area contributed by atoms with Crippen LogP contribution in [0.4, 0.5) is 0 Å². The number of nitrogens with zero attached hydrogens (tertiary/aromatic N) is 1. The maximum absolute atomic E-state index is 5.51. The van der Waals surface area contributed by atoms with Crippen LogP contribution < -0.4 is 10.7 Å². The second-order valence-corrected chi connectivity index (χ2v) is 8.37. The first kappa shape index (κ1) is 14.1. The summed E-state index contributed by atoms with van der Waals surface area (Å²) in [6.07, 6.45) is 3.56. The highest BCUT2D eigenvalue weighted by atomic mass is 32.1. The lowest BCUT2D eigenvalue weighted by Crippen LogP contribution is -2.59. The van der Waals surface area contributed by atoms with E-state index in [1.807, 2.05) is 0 Å². The van der Waals surface area contributed by atoms with E-state index in [4.69, 9.17) is 12.2 Å². The van der Waals surface area contributed by atoms with Gasteiger partial charge in [0.25, 0.3) is 0 Å². The van der Waals surface area contributed by atoms with Crippen molar-refractivity contribution in [3.8, 4) is 0 Å². The van der Waals surface area contributed by atoms with E-state index in [-0.39, 0.29) is 11.2 Å². The van der Waals surface area contributed by atoms with Crippen molar-refractivity contribution in [1.29, 1.82) is 0 Å². The fraction of sp³-hybridized carbons (Fsp3) is 0.929. The Labute approximate surface area is 117 Å². The molecule has 104 valence electrons. The minimum absolute atomic E-state index is 0.0123. The quantitative estimate of drug-likeness (QED) is 0.661. The molecule has 0 aromatic rings. The van der Waals surface area contributed by atoms with E-state index in [0.29, 0.717) is 5.41 Å². The van der Waals surface area contributed by atoms with Crippen molar-refractivity contribution in [3.63, 3.8) is 0 Å². The van der Waals surface area contributed by atoms with Gasteiger partial charge in [-0.1, -0.05) is 20.8 Å². The summed E-state index contributed by atoms with van der Waals surface area (Å²) in [6.45, 7) is 13.6. The van der Waals surface area contributed by atoms with Crippen LogP contribution >= 0.6 is 12.2 Å². The Morgan fingerprint density at radius 3 is 2.33 bits per heavy atom. The fourth-order valence-electron chi connectivity index (χ4n) is 3.78. The molecule has 2 atom stereocenters. The number of hydrogen-bond acceptors (Lipinski definition) is 2. The van der Waals surface area contributed by atoms with Gasteiger partial charge in [0.15, 0.2) is 5.11 Å². The van der Waals surface area contributed by atoms with Crippen molar-refractivity contribution in [2.24, 2.45) is 11.3 Å². The van der Waals surface area contributed by atoms with Gasteiger partial charge in [-0.15, -0.1) is 0 Å². The Morgan fingerprint density at radius 1 is 1.28 bits per heavy atom. The molecule has 3 nitrogen and oxygen atoms in total. The van der Waals surface area contributed by atoms with Crippen LogP contribution in [0, 0.1) is 11.3 Å². The maximum Gasteiger partial charge on any atom is 0.185 e. The summed E-state index contributed by atoms with van der Waals surface area (Å²) in [5, 5.41) is 6.52. The monoisotopic (exact) mass is 269 g/mol. The van der Waals surface area contributed by atoms with Gasteiger partial charge in [-0.3, -0.25) is 5.01 Å². The molecule has 1 aliphatic carbocycles. The summed E-state index contributed by atoms with van der Waals surface area (Å²) >= 11 is 5.51. The zero-order valence-electron chi connectivity index (χ0n) is 12.6. The molecule has 18 heavy (non-hydrogen) atoms. The van der Waals surface area contributed by atoms with Gasteiger partial charge < -0.3 is 5.32 Å². The number of nitrogens with one attached hydrogen (secondary N) is 2. The lowest BCUT2D eigenvalue weighted by atomic mass is 9.68. The van der Waals surface area contributed by atoms with Crippen LogP contribution in [0.3, 0.4) is 0 Å². The molecule has 0 bridgehead atoms. The van der Waals surface area contributed by atoms with Crippen LogP contribution in [0.1, 0.15) is 60.8 Å². The second-order valence-electron chi connectivity index (χ2n) is 7.98. The molecule has 1 heterocycles. The van der Waals surface area contributed by atoms with Gasteiger partial charge in [0, 0.05) is 0 Å². The van der Waals surface area contributed by atoms with Crippen molar-refractivity contribution in [2.75, 3.05) is 0 Å². The molecule has 1 spiro atoms. The zero-order chi connectivity index (χ0) is 13.8. The van der Waals surface area contributed by atoms with Crippen molar-refractivity contribution >= 4 is 17.3 Å². The minimum atomic E-state index is -0.0362. The molecule has 2 fully saturated rings. The normalized spacial score (nSPS) is 36.0. The topological polar surface area (TPSA) is 27.3 Å². The Hall–Kier alpha value is -0.350. The number of hydrogen-bond donors (Lipinski definition) is 2. The summed E-state index contributed by atoms with van der Waals surface area (Å²) in [5.41, 5.74) is 4.00. The van der Waals surface area contributed by atoms with Crippen LogP contribution in [0.2, 0.25) is 0 Å². The highest BCUT2D eigenvalue weighted by Gasteiger charge is 2.49. The molecule has 0 aromatic heterocycles. The summed E-state index contributed by atoms with van der Waals surface area (Å²) in [7, 11) is 0. The molecule has 1 saturated heterocycles. The largest absolute Gasteiger partial charge is 0.342 e. The van der Waals surface area contributed by atoms with Crippen molar-refractivity contribution in [1.82, 2.24) is 15.8 Å². The maximum atomic E-state index is 5.51. The summed E-state index contributed by atoms with van der Waals surface area (Å²) in [5.74, 6) is 0.719. The molecule has 2 N–H and O–H groups in total. The van der Waals surface area contributed by atoms with E-state index in [2.05, 4.69) is 57.3 Å². The fourth-order valence-corrected chi connectivity index (χ4v) is 4.29. The van der Waals surface area contributed by atoms with Gasteiger partial charge in [-0.25, -0.2) is 5.43 Å². The minimum Gasteiger partial charge on any atom is -0.342 e. The van der Waals surface area contributed by atoms with Crippen molar-refractivity contribution in [3.05, 3.63) is 0 Å². The van der Waals surface area contributed by atoms with Gasteiger partial charge >= 0.3 is 0 Å². The van der Waals surface area contributed by atoms with E-state index >= 15 is 0 Å². The summed E-state index contributed by atoms with van der Waals surface area (Å²) in [6, 6.07) is 0. The van der Waals surface area contributed by atoms with E-state index in [9.17, 15) is 0 Å². The molecular weight excluding hydrogens is 242 g/mol. The second kappa shape index (κ2) is 4.07. The Balaban J connectivity index is 2.22. The van der Waals surface area contributed by atoms with Crippen LogP contribution in [-0.4, -0.2) is 21.3 Å². The van der Waals surface area contributed by atoms with E-state index in [1.165, 1.54) is 6.42 Å². The molecule has 0 radical (unpaired) electrons. The van der Waals surface area contributed by atoms with Crippen LogP contribution in [-0.2, 0) is 0 Å². The third-order valence-corrected chi connectivity index (χ3v) is 4.21. The van der Waals surface area contributed by atoms with E-state index in [1.54, 1.807) is 0 Å². The SMILES string of the molecule is C[C@H]1CC(C)(C)C[C@]2(C1)NC(=S)N(C(C)(C)C)N2. The third-order valence-electron chi connectivity index (χ3n) is 3.92. The predicted molar refractivity (Wildman–Crippen MR) is 80.0 cm³/mol. The first-order chi connectivity index (χ1) is 8.03. The molecular formula is C14H27N3S. The average Bonchev–Trinajstić information content (AvgIpc) is 2.36. The molecule has 0 aromatic carbocycles. The van der Waals surface area contributed by atoms with Crippen molar-refractivity contribution in [2.45, 2.75) is 72.0 Å². The van der Waals surface area contributed by atoms with E-state index in [0.717, 1.165) is 23.9 Å². The average molecular weight is 269 g/mol. The molecule has 1 aliphatic heterocycles. The van der Waals surface area contributed by atoms with Gasteiger partial charge in [0.2, 0.25) is 0 Å². The van der Waals surface area contributed by atoms with Gasteiger partial charge in [0.05, 0.1) is 5.54 Å². The highest BCUT2D eigenvalue weighted by Crippen LogP contribution is 2.44. The van der Waals surface area contributed by atoms with Crippen LogP contribution in [0.15, 0.2) is 0 Å². The Morgan fingerprint density at radius 2 is 1.89 bits per heavy atom. The molecule has 0 amide bonds. The predicted octanol–water partition coefficient (Wildman–Crippen LogP) is 3.02. The number of rotatable bonds is 0.